The summed E-state index contributed by atoms with van der Waals surface area (Å²) in [5, 5.41) is 14.3. The van der Waals surface area contributed by atoms with Gasteiger partial charge in [0.1, 0.15) is 0 Å². The number of anilines is 3. The van der Waals surface area contributed by atoms with Crippen LogP contribution in [0, 0.1) is 10.1 Å². The van der Waals surface area contributed by atoms with Gasteiger partial charge < -0.3 is 16.0 Å². The van der Waals surface area contributed by atoms with Crippen LogP contribution in [-0.2, 0) is 11.2 Å². The molecule has 0 fully saturated rings. The number of nitrogens with two attached hydrogens (primary N) is 1. The smallest absolute Gasteiger partial charge is 0.283 e. The molecule has 0 spiro atoms. The van der Waals surface area contributed by atoms with E-state index in [1.807, 2.05) is 36.4 Å². The molecular formula is C23H20N4O4S. The molecule has 32 heavy (non-hydrogen) atoms. The maximum atomic E-state index is 12.7. The Labute approximate surface area is 188 Å². The highest BCUT2D eigenvalue weighted by Gasteiger charge is 2.23. The number of carbonyl (C=O) groups is 2. The fourth-order valence-corrected chi connectivity index (χ4v) is 4.47. The third kappa shape index (κ3) is 4.42. The Bertz CT molecular complexity index is 1210. The molecule has 0 radical (unpaired) electrons. The molecule has 0 atom stereocenters. The number of thioether (sulfide) groups is 1. The molecule has 3 aromatic carbocycles. The summed E-state index contributed by atoms with van der Waals surface area (Å²) < 4.78 is 0. The topological polar surface area (TPSA) is 119 Å². The molecule has 0 aromatic heterocycles. The van der Waals surface area contributed by atoms with Gasteiger partial charge in [0.05, 0.1) is 26.9 Å². The Morgan fingerprint density at radius 1 is 1.06 bits per heavy atom. The van der Waals surface area contributed by atoms with E-state index in [9.17, 15) is 19.7 Å². The van der Waals surface area contributed by atoms with Gasteiger partial charge in [0.15, 0.2) is 0 Å². The first-order chi connectivity index (χ1) is 15.4. The number of carbonyl (C=O) groups excluding carboxylic acids is 2. The lowest BCUT2D eigenvalue weighted by Gasteiger charge is -2.23. The minimum Gasteiger partial charge on any atom is -0.366 e. The number of para-hydroxylation sites is 3. The lowest BCUT2D eigenvalue weighted by atomic mass is 10.2. The molecule has 2 amide bonds. The molecule has 162 valence electrons. The average molecular weight is 449 g/mol. The van der Waals surface area contributed by atoms with Gasteiger partial charge in [0, 0.05) is 23.9 Å². The van der Waals surface area contributed by atoms with Crippen molar-refractivity contribution in [2.24, 2.45) is 5.73 Å². The van der Waals surface area contributed by atoms with Crippen LogP contribution in [0.3, 0.4) is 0 Å². The number of fused-ring (bicyclic) bond motifs is 1. The van der Waals surface area contributed by atoms with Crippen molar-refractivity contribution in [1.82, 2.24) is 0 Å². The predicted octanol–water partition coefficient (Wildman–Crippen LogP) is 4.12. The first kappa shape index (κ1) is 21.4. The summed E-state index contributed by atoms with van der Waals surface area (Å²) in [5.74, 6) is -1.06. The van der Waals surface area contributed by atoms with Crippen LogP contribution in [0.4, 0.5) is 22.7 Å². The molecule has 1 heterocycles. The molecule has 4 rings (SSSR count). The van der Waals surface area contributed by atoms with Gasteiger partial charge in [-0.3, -0.25) is 19.7 Å². The number of primary amides is 1. The second-order valence-electron chi connectivity index (χ2n) is 7.19. The number of nitrogens with one attached hydrogen (secondary N) is 1. The summed E-state index contributed by atoms with van der Waals surface area (Å²) in [7, 11) is 0. The van der Waals surface area contributed by atoms with Crippen molar-refractivity contribution >= 4 is 46.3 Å². The zero-order valence-corrected chi connectivity index (χ0v) is 17.8. The Kier molecular flexibility index (Phi) is 6.09. The van der Waals surface area contributed by atoms with Crippen molar-refractivity contribution in [2.75, 3.05) is 22.5 Å². The maximum Gasteiger partial charge on any atom is 0.283 e. The monoisotopic (exact) mass is 448 g/mol. The number of amides is 2. The standard InChI is InChI=1S/C23H20N4O4S/c24-23(29)16-9-10-21(20(13-16)27(30)31)32-14-22(28)25-17-6-2-4-8-19(17)26-12-11-15-5-1-3-7-18(15)26/h1-10,13H,11-12,14H2,(H2,24,29)(H,25,28). The van der Waals surface area contributed by atoms with Gasteiger partial charge in [-0.05, 0) is 42.3 Å². The molecule has 0 aliphatic carbocycles. The SMILES string of the molecule is NC(=O)c1ccc(SCC(=O)Nc2ccccc2N2CCc3ccccc32)c([N+](=O)[O-])c1. The van der Waals surface area contributed by atoms with Crippen molar-refractivity contribution in [1.29, 1.82) is 0 Å². The van der Waals surface area contributed by atoms with Crippen molar-refractivity contribution in [3.63, 3.8) is 0 Å². The fraction of sp³-hybridized carbons (Fsp3) is 0.130. The van der Waals surface area contributed by atoms with E-state index < -0.39 is 10.8 Å². The van der Waals surface area contributed by atoms with Gasteiger partial charge in [0.25, 0.3) is 5.69 Å². The molecule has 1 aliphatic heterocycles. The van der Waals surface area contributed by atoms with E-state index in [4.69, 9.17) is 5.73 Å². The number of nitrogens with zero attached hydrogens (tertiary/aromatic N) is 2. The molecule has 3 N–H and O–H groups in total. The largest absolute Gasteiger partial charge is 0.366 e. The lowest BCUT2D eigenvalue weighted by molar-refractivity contribution is -0.387. The molecule has 9 heteroatoms. The molecule has 0 unspecified atom stereocenters. The van der Waals surface area contributed by atoms with Crippen LogP contribution in [0.15, 0.2) is 71.6 Å². The van der Waals surface area contributed by atoms with E-state index in [1.54, 1.807) is 0 Å². The third-order valence-corrected chi connectivity index (χ3v) is 6.22. The van der Waals surface area contributed by atoms with Gasteiger partial charge >= 0.3 is 0 Å². The van der Waals surface area contributed by atoms with Crippen LogP contribution in [0.5, 0.6) is 0 Å². The van der Waals surface area contributed by atoms with Crippen molar-refractivity contribution in [2.45, 2.75) is 11.3 Å². The highest BCUT2D eigenvalue weighted by Crippen LogP contribution is 2.38. The Morgan fingerprint density at radius 2 is 1.78 bits per heavy atom. The lowest BCUT2D eigenvalue weighted by Crippen LogP contribution is -2.19. The molecular weight excluding hydrogens is 428 g/mol. The molecule has 0 saturated heterocycles. The van der Waals surface area contributed by atoms with Crippen molar-refractivity contribution in [3.8, 4) is 0 Å². The molecule has 1 aliphatic rings. The quantitative estimate of drug-likeness (QED) is 0.319. The summed E-state index contributed by atoms with van der Waals surface area (Å²) in [4.78, 5) is 37.2. The third-order valence-electron chi connectivity index (χ3n) is 5.16. The normalized spacial score (nSPS) is 12.3. The number of nitro benzene ring substituents is 1. The highest BCUT2D eigenvalue weighted by atomic mass is 32.2. The van der Waals surface area contributed by atoms with Crippen LogP contribution in [-0.4, -0.2) is 29.0 Å². The van der Waals surface area contributed by atoms with Crippen LogP contribution < -0.4 is 16.0 Å². The molecule has 8 nitrogen and oxygen atoms in total. The summed E-state index contributed by atoms with van der Waals surface area (Å²) in [6.07, 6.45) is 0.930. The minimum absolute atomic E-state index is 0.0261. The number of hydrogen-bond donors (Lipinski definition) is 2. The number of benzene rings is 3. The van der Waals surface area contributed by atoms with E-state index in [1.165, 1.54) is 17.7 Å². The van der Waals surface area contributed by atoms with Gasteiger partial charge in [-0.25, -0.2) is 0 Å². The van der Waals surface area contributed by atoms with Gasteiger partial charge in [0.2, 0.25) is 11.8 Å². The number of hydrogen-bond acceptors (Lipinski definition) is 6. The predicted molar refractivity (Wildman–Crippen MR) is 125 cm³/mol. The highest BCUT2D eigenvalue weighted by molar-refractivity contribution is 8.00. The summed E-state index contributed by atoms with van der Waals surface area (Å²) in [5.41, 5.74) is 8.94. The van der Waals surface area contributed by atoms with Crippen LogP contribution >= 0.6 is 11.8 Å². The fourth-order valence-electron chi connectivity index (χ4n) is 3.67. The van der Waals surface area contributed by atoms with E-state index in [0.717, 1.165) is 42.2 Å². The van der Waals surface area contributed by atoms with E-state index in [2.05, 4.69) is 22.3 Å². The first-order valence-electron chi connectivity index (χ1n) is 9.89. The second kappa shape index (κ2) is 9.11. The number of rotatable bonds is 7. The molecule has 0 bridgehead atoms. The van der Waals surface area contributed by atoms with Crippen LogP contribution in [0.2, 0.25) is 0 Å². The number of nitro groups is 1. The Hall–Kier alpha value is -3.85. The second-order valence-corrected chi connectivity index (χ2v) is 8.21. The molecule has 0 saturated carbocycles. The summed E-state index contributed by atoms with van der Waals surface area (Å²) >= 11 is 1.03. The maximum absolute atomic E-state index is 12.7. The van der Waals surface area contributed by atoms with E-state index in [0.29, 0.717) is 5.69 Å². The summed E-state index contributed by atoms with van der Waals surface area (Å²) in [6, 6.07) is 19.7. The Balaban J connectivity index is 1.49. The zero-order valence-electron chi connectivity index (χ0n) is 17.0. The molecule has 3 aromatic rings. The Morgan fingerprint density at radius 3 is 2.53 bits per heavy atom. The van der Waals surface area contributed by atoms with E-state index in [-0.39, 0.29) is 27.8 Å². The van der Waals surface area contributed by atoms with Crippen molar-refractivity contribution < 1.29 is 14.5 Å². The van der Waals surface area contributed by atoms with Crippen LogP contribution in [0.1, 0.15) is 15.9 Å². The van der Waals surface area contributed by atoms with Crippen molar-refractivity contribution in [3.05, 3.63) is 88.0 Å². The average Bonchev–Trinajstić information content (AvgIpc) is 3.22. The minimum atomic E-state index is -0.748. The van der Waals surface area contributed by atoms with Gasteiger partial charge in [-0.1, -0.05) is 30.3 Å². The van der Waals surface area contributed by atoms with E-state index >= 15 is 0 Å². The van der Waals surface area contributed by atoms with Crippen LogP contribution in [0.25, 0.3) is 0 Å². The zero-order chi connectivity index (χ0) is 22.7. The van der Waals surface area contributed by atoms with Gasteiger partial charge in [-0.2, -0.15) is 0 Å². The summed E-state index contributed by atoms with van der Waals surface area (Å²) in [6.45, 7) is 0.819. The van der Waals surface area contributed by atoms with Gasteiger partial charge in [-0.15, -0.1) is 11.8 Å². The first-order valence-corrected chi connectivity index (χ1v) is 10.9.